The molecule has 0 N–H and O–H groups in total. The smallest absolute Gasteiger partial charge is 0.241 e. The first-order valence-corrected chi connectivity index (χ1v) is 14.5. The Bertz CT molecular complexity index is 881. The van der Waals surface area contributed by atoms with E-state index in [1.165, 1.54) is 64.2 Å². The van der Waals surface area contributed by atoms with Gasteiger partial charge in [0.25, 0.3) is 0 Å². The number of unbranched alkanes of at least 4 members (excludes halogenated alkanes) is 7. The van der Waals surface area contributed by atoms with Crippen LogP contribution < -0.4 is 14.2 Å². The van der Waals surface area contributed by atoms with Gasteiger partial charge >= 0.3 is 0 Å². The molecule has 1 atom stereocenters. The first-order chi connectivity index (χ1) is 17.8. The van der Waals surface area contributed by atoms with Crippen LogP contribution in [0.3, 0.4) is 0 Å². The van der Waals surface area contributed by atoms with Gasteiger partial charge in [0.1, 0.15) is 0 Å². The van der Waals surface area contributed by atoms with E-state index in [0.717, 1.165) is 74.0 Å². The van der Waals surface area contributed by atoms with Crippen LogP contribution in [0.25, 0.3) is 11.1 Å². The van der Waals surface area contributed by atoms with E-state index in [-0.39, 0.29) is 6.29 Å². The summed E-state index contributed by atoms with van der Waals surface area (Å²) in [6, 6.07) is 10.1. The Kier molecular flexibility index (Phi) is 11.2. The molecule has 0 saturated heterocycles. The number of aromatic nitrogens is 1. The van der Waals surface area contributed by atoms with Gasteiger partial charge in [-0.1, -0.05) is 70.8 Å². The molecule has 2 aliphatic rings. The summed E-state index contributed by atoms with van der Waals surface area (Å²) in [6.45, 7) is 4.68. The molecule has 0 amide bonds. The minimum absolute atomic E-state index is 0.206. The minimum atomic E-state index is -0.206. The van der Waals surface area contributed by atoms with Crippen LogP contribution in [-0.2, 0) is 4.74 Å². The number of nitrogens with zero attached hydrogens (tertiary/aromatic N) is 1. The van der Waals surface area contributed by atoms with Crippen LogP contribution in [0.4, 0.5) is 0 Å². The van der Waals surface area contributed by atoms with Crippen molar-refractivity contribution < 1.29 is 18.9 Å². The summed E-state index contributed by atoms with van der Waals surface area (Å²) in [6.07, 6.45) is 19.0. The van der Waals surface area contributed by atoms with Gasteiger partial charge in [-0.15, -0.1) is 0 Å². The van der Waals surface area contributed by atoms with Crippen molar-refractivity contribution in [1.82, 2.24) is 4.98 Å². The Morgan fingerprint density at radius 2 is 1.47 bits per heavy atom. The molecule has 4 rings (SSSR count). The predicted octanol–water partition coefficient (Wildman–Crippen LogP) is 8.35. The molecule has 198 valence electrons. The fourth-order valence-electron chi connectivity index (χ4n) is 4.66. The van der Waals surface area contributed by atoms with Crippen LogP contribution >= 0.6 is 0 Å². The quantitative estimate of drug-likeness (QED) is 0.183. The molecule has 1 aromatic carbocycles. The third-order valence-electron chi connectivity index (χ3n) is 7.10. The number of benzene rings is 1. The van der Waals surface area contributed by atoms with Crippen molar-refractivity contribution in [3.05, 3.63) is 36.5 Å². The van der Waals surface area contributed by atoms with Gasteiger partial charge in [0.05, 0.1) is 6.61 Å². The summed E-state index contributed by atoms with van der Waals surface area (Å²) < 4.78 is 23.6. The highest BCUT2D eigenvalue weighted by Crippen LogP contribution is 2.39. The molecular weight excluding hydrogens is 450 g/mol. The second-order valence-corrected chi connectivity index (χ2v) is 10.4. The Hall–Kier alpha value is -2.27. The van der Waals surface area contributed by atoms with Gasteiger partial charge in [-0.05, 0) is 55.4 Å². The maximum Gasteiger partial charge on any atom is 0.241 e. The maximum atomic E-state index is 6.07. The van der Waals surface area contributed by atoms with Crippen LogP contribution in [0.15, 0.2) is 36.5 Å². The number of rotatable bonds is 19. The molecule has 0 bridgehead atoms. The zero-order valence-electron chi connectivity index (χ0n) is 22.2. The number of fused-ring (bicyclic) bond motifs is 1. The number of ether oxygens (including phenoxy) is 4. The van der Waals surface area contributed by atoms with E-state index >= 15 is 0 Å². The molecule has 1 fully saturated rings. The summed E-state index contributed by atoms with van der Waals surface area (Å²) >= 11 is 0. The van der Waals surface area contributed by atoms with Crippen molar-refractivity contribution in [3.63, 3.8) is 0 Å². The fourth-order valence-corrected chi connectivity index (χ4v) is 4.66. The third kappa shape index (κ3) is 9.31. The van der Waals surface area contributed by atoms with E-state index in [1.54, 1.807) is 0 Å². The topological polar surface area (TPSA) is 49.8 Å². The van der Waals surface area contributed by atoms with Crippen molar-refractivity contribution in [1.29, 1.82) is 0 Å². The third-order valence-corrected chi connectivity index (χ3v) is 7.10. The minimum Gasteiger partial charge on any atom is -0.478 e. The molecule has 2 heterocycles. The highest BCUT2D eigenvalue weighted by Gasteiger charge is 2.24. The Balaban J connectivity index is 1.11. The van der Waals surface area contributed by atoms with Gasteiger partial charge in [0.2, 0.25) is 12.2 Å². The van der Waals surface area contributed by atoms with E-state index in [2.05, 4.69) is 24.0 Å². The van der Waals surface area contributed by atoms with Crippen LogP contribution in [0.5, 0.6) is 17.4 Å². The standard InChI is InChI=1S/C31H45NO4/c1-2-3-4-9-20-33-21-11-8-13-31-35-28-18-16-26(23-29(28)36-31)27-17-19-30(32-24-27)34-22-10-6-5-7-12-25-14-15-25/h16-19,23-25,31H,2-15,20-22H2,1H3. The number of hydrogen-bond donors (Lipinski definition) is 0. The summed E-state index contributed by atoms with van der Waals surface area (Å²) in [4.78, 5) is 4.51. The lowest BCUT2D eigenvalue weighted by atomic mass is 10.1. The lowest BCUT2D eigenvalue weighted by molar-refractivity contribution is 0.0366. The molecule has 0 radical (unpaired) electrons. The van der Waals surface area contributed by atoms with Crippen molar-refractivity contribution in [3.8, 4) is 28.5 Å². The van der Waals surface area contributed by atoms with Crippen LogP contribution in [0, 0.1) is 5.92 Å². The number of pyridine rings is 1. The second kappa shape index (κ2) is 15.1. The molecule has 0 spiro atoms. The summed E-state index contributed by atoms with van der Waals surface area (Å²) in [7, 11) is 0. The Labute approximate surface area is 217 Å². The summed E-state index contributed by atoms with van der Waals surface area (Å²) in [5.41, 5.74) is 2.12. The van der Waals surface area contributed by atoms with E-state index < -0.39 is 0 Å². The summed E-state index contributed by atoms with van der Waals surface area (Å²) in [5, 5.41) is 0. The van der Waals surface area contributed by atoms with E-state index in [4.69, 9.17) is 18.9 Å². The van der Waals surface area contributed by atoms with Crippen molar-refractivity contribution in [2.45, 2.75) is 103 Å². The van der Waals surface area contributed by atoms with Gasteiger partial charge in [0.15, 0.2) is 11.5 Å². The molecule has 36 heavy (non-hydrogen) atoms. The van der Waals surface area contributed by atoms with Crippen LogP contribution in [0.2, 0.25) is 0 Å². The number of hydrogen-bond acceptors (Lipinski definition) is 5. The van der Waals surface area contributed by atoms with Gasteiger partial charge in [-0.25, -0.2) is 4.98 Å². The molecule has 5 heteroatoms. The molecular formula is C31H45NO4. The van der Waals surface area contributed by atoms with Crippen LogP contribution in [0.1, 0.15) is 96.8 Å². The van der Waals surface area contributed by atoms with Gasteiger partial charge in [-0.2, -0.15) is 0 Å². The average Bonchev–Trinajstić information content (AvgIpc) is 3.64. The Morgan fingerprint density at radius 3 is 2.28 bits per heavy atom. The summed E-state index contributed by atoms with van der Waals surface area (Å²) in [5.74, 6) is 3.38. The van der Waals surface area contributed by atoms with Gasteiger partial charge < -0.3 is 18.9 Å². The monoisotopic (exact) mass is 495 g/mol. The molecule has 2 aromatic rings. The molecule has 5 nitrogen and oxygen atoms in total. The molecule has 1 aliphatic heterocycles. The van der Waals surface area contributed by atoms with Crippen molar-refractivity contribution in [2.75, 3.05) is 19.8 Å². The van der Waals surface area contributed by atoms with E-state index in [1.807, 2.05) is 24.4 Å². The van der Waals surface area contributed by atoms with E-state index in [0.29, 0.717) is 5.88 Å². The fraction of sp³-hybridized carbons (Fsp3) is 0.645. The lowest BCUT2D eigenvalue weighted by Crippen LogP contribution is -2.17. The molecule has 1 saturated carbocycles. The predicted molar refractivity (Wildman–Crippen MR) is 145 cm³/mol. The highest BCUT2D eigenvalue weighted by molar-refractivity contribution is 5.67. The maximum absolute atomic E-state index is 6.07. The zero-order valence-corrected chi connectivity index (χ0v) is 22.2. The second-order valence-electron chi connectivity index (χ2n) is 10.4. The highest BCUT2D eigenvalue weighted by atomic mass is 16.7. The molecule has 1 aromatic heterocycles. The van der Waals surface area contributed by atoms with Gasteiger partial charge in [-0.3, -0.25) is 0 Å². The Morgan fingerprint density at radius 1 is 0.750 bits per heavy atom. The van der Waals surface area contributed by atoms with Crippen molar-refractivity contribution >= 4 is 0 Å². The average molecular weight is 496 g/mol. The first kappa shape index (κ1) is 26.8. The van der Waals surface area contributed by atoms with Gasteiger partial charge in [0, 0.05) is 37.5 Å². The molecule has 1 unspecified atom stereocenters. The van der Waals surface area contributed by atoms with E-state index in [9.17, 15) is 0 Å². The van der Waals surface area contributed by atoms with Crippen molar-refractivity contribution in [2.24, 2.45) is 5.92 Å². The lowest BCUT2D eigenvalue weighted by Gasteiger charge is -2.10. The largest absolute Gasteiger partial charge is 0.478 e. The SMILES string of the molecule is CCCCCCOCCCCC1Oc2ccc(-c3ccc(OCCCCCCC4CC4)nc3)cc2O1. The first-order valence-electron chi connectivity index (χ1n) is 14.5. The molecule has 1 aliphatic carbocycles. The normalized spacial score (nSPS) is 16.4. The van der Waals surface area contributed by atoms with Crippen LogP contribution in [-0.4, -0.2) is 31.1 Å². The zero-order chi connectivity index (χ0) is 24.8.